The van der Waals surface area contributed by atoms with E-state index in [0.29, 0.717) is 0 Å². The van der Waals surface area contributed by atoms with Crippen molar-refractivity contribution in [1.29, 1.82) is 0 Å². The van der Waals surface area contributed by atoms with E-state index in [1.807, 2.05) is 0 Å². The van der Waals surface area contributed by atoms with Gasteiger partial charge in [0.25, 0.3) is 0 Å². The number of carbonyl (C=O) groups is 1. The van der Waals surface area contributed by atoms with Gasteiger partial charge in [-0.2, -0.15) is 0 Å². The second-order valence-corrected chi connectivity index (χ2v) is 7.30. The van der Waals surface area contributed by atoms with Crippen LogP contribution in [-0.2, 0) is 25.9 Å². The summed E-state index contributed by atoms with van der Waals surface area (Å²) >= 11 is 0. The molecule has 1 heterocycles. The molecule has 3 nitrogen and oxygen atoms in total. The monoisotopic (exact) mass is 301 g/mol. The number of hydrogen-bond acceptors (Lipinski definition) is 6. The molecule has 0 bridgehead atoms. The second kappa shape index (κ2) is 7.18. The van der Waals surface area contributed by atoms with Crippen LogP contribution in [0.15, 0.2) is 0 Å². The molecule has 0 spiro atoms. The van der Waals surface area contributed by atoms with Crippen LogP contribution in [0.5, 0.6) is 0 Å². The first-order chi connectivity index (χ1) is 3.80. The number of carbonyl (C=O) groups excluding carboxylic acids is 1. The summed E-state index contributed by atoms with van der Waals surface area (Å²) < 4.78 is -0.370. The van der Waals surface area contributed by atoms with Gasteiger partial charge >= 0.3 is 0 Å². The van der Waals surface area contributed by atoms with Gasteiger partial charge in [-0.3, -0.25) is 0 Å². The van der Waals surface area contributed by atoms with Crippen LogP contribution < -0.4 is 11.3 Å². The number of aliphatic carboxylic acids is 1. The van der Waals surface area contributed by atoms with E-state index in [1.54, 1.807) is 0 Å². The molecule has 8 heteroatoms. The first kappa shape index (κ1) is 14.1. The minimum absolute atomic E-state index is 0. The summed E-state index contributed by atoms with van der Waals surface area (Å²) in [5.74, 6) is -0.975. The van der Waals surface area contributed by atoms with E-state index in [-0.39, 0.29) is 31.8 Å². The fraction of sp³-hybridized carbons (Fsp3) is 0.500. The van der Waals surface area contributed by atoms with Gasteiger partial charge in [0, 0.05) is 21.1 Å². The van der Waals surface area contributed by atoms with Crippen LogP contribution in [0.4, 0.5) is 0 Å². The van der Waals surface area contributed by atoms with Crippen LogP contribution in [0.25, 0.3) is 0 Å². The Kier molecular flexibility index (Phi) is 10.1. The molecule has 0 amide bonds. The van der Waals surface area contributed by atoms with Gasteiger partial charge in [-0.25, -0.2) is 0 Å². The summed E-state index contributed by atoms with van der Waals surface area (Å²) in [6, 6.07) is 0. The van der Waals surface area contributed by atoms with E-state index in [2.05, 4.69) is 0 Å². The van der Waals surface area contributed by atoms with Crippen LogP contribution in [-0.4, -0.2) is 10.6 Å². The van der Waals surface area contributed by atoms with E-state index in [1.165, 1.54) is 41.2 Å². The van der Waals surface area contributed by atoms with Gasteiger partial charge in [0.15, 0.2) is 0 Å². The third-order valence-corrected chi connectivity index (χ3v) is 7.94. The second-order valence-electron chi connectivity index (χ2n) is 0.979. The van der Waals surface area contributed by atoms with Crippen molar-refractivity contribution in [2.24, 2.45) is 0 Å². The fourth-order valence-corrected chi connectivity index (χ4v) is 8.26. The summed E-state index contributed by atoms with van der Waals surface area (Å²) in [6.45, 7) is 0. The molecule has 4 N–H and O–H groups in total. The molecule has 0 radical (unpaired) electrons. The molecule has 0 atom stereocenters. The average Bonchev–Trinajstić information content (AvgIpc) is 2.12. The molecular weight excluding hydrogens is 294 g/mol. The van der Waals surface area contributed by atoms with Crippen LogP contribution in [0.1, 0.15) is 0 Å². The molecular formula is C2H5MoNO2S4. The molecule has 0 aromatic carbocycles. The van der Waals surface area contributed by atoms with Crippen LogP contribution in [0.3, 0.4) is 0 Å². The molecule has 0 aromatic heterocycles. The molecule has 60 valence electrons. The van der Waals surface area contributed by atoms with Gasteiger partial charge in [0.2, 0.25) is 0 Å². The minimum atomic E-state index is -0.975. The van der Waals surface area contributed by atoms with Crippen molar-refractivity contribution >= 4 is 47.2 Å². The van der Waals surface area contributed by atoms with Gasteiger partial charge in [0.1, 0.15) is 4.58 Å². The summed E-state index contributed by atoms with van der Waals surface area (Å²) in [5.41, 5.74) is 0. The summed E-state index contributed by atoms with van der Waals surface area (Å²) in [4.78, 5) is 10.0. The van der Waals surface area contributed by atoms with Crippen LogP contribution >= 0.6 is 41.2 Å². The maximum atomic E-state index is 10.0. The third-order valence-electron chi connectivity index (χ3n) is 0.474. The zero-order chi connectivity index (χ0) is 5.98. The number of rotatable bonds is 1. The van der Waals surface area contributed by atoms with Gasteiger partial charge in [-0.05, 0) is 19.7 Å². The smallest absolute Gasteiger partial charge is 0.112 e. The molecule has 0 aromatic rings. The van der Waals surface area contributed by atoms with Crippen LogP contribution in [0.2, 0.25) is 0 Å². The summed E-state index contributed by atoms with van der Waals surface area (Å²) in [5, 5.41) is 10.0. The van der Waals surface area contributed by atoms with Gasteiger partial charge in [-0.1, -0.05) is 21.6 Å². The van der Waals surface area contributed by atoms with Gasteiger partial charge in [-0.15, -0.1) is 0 Å². The van der Waals surface area contributed by atoms with E-state index in [9.17, 15) is 9.90 Å². The Morgan fingerprint density at radius 2 is 1.70 bits per heavy atom. The number of carboxylic acid groups (broad SMARTS) is 1. The number of carboxylic acids is 1. The first-order valence-corrected chi connectivity index (χ1v) is 6.61. The molecule has 10 heavy (non-hydrogen) atoms. The van der Waals surface area contributed by atoms with E-state index < -0.39 is 5.97 Å². The largest absolute Gasteiger partial charge is 0.548 e. The fourth-order valence-electron chi connectivity index (χ4n) is 0.198. The molecule has 1 rings (SSSR count). The summed E-state index contributed by atoms with van der Waals surface area (Å²) in [6.07, 6.45) is 0. The molecule has 0 saturated carbocycles. The maximum Gasteiger partial charge on any atom is 0.112 e. The predicted octanol–water partition coefficient (Wildman–Crippen LogP) is 1.13. The third kappa shape index (κ3) is 4.41. The standard InChI is InChI=1S/C2H2O2S4.Mo.H3N/c3-1(4)2-5-7-8-6-2;;/h2H,(H,3,4);;1H3. The number of hydrogen-bond donors (Lipinski definition) is 1. The molecule has 1 aliphatic heterocycles. The Morgan fingerprint density at radius 1 is 1.30 bits per heavy atom. The topological polar surface area (TPSA) is 76.6 Å². The van der Waals surface area contributed by atoms with Crippen molar-refractivity contribution in [3.8, 4) is 0 Å². The Morgan fingerprint density at radius 3 is 1.90 bits per heavy atom. The SMILES string of the molecule is O=C([O-])C1SSSS1.[Mo].[NH4+]. The number of quaternary nitrogens is 1. The van der Waals surface area contributed by atoms with Crippen molar-refractivity contribution in [2.45, 2.75) is 4.58 Å². The zero-order valence-electron chi connectivity index (χ0n) is 4.94. The summed E-state index contributed by atoms with van der Waals surface area (Å²) in [7, 11) is 5.63. The van der Waals surface area contributed by atoms with Crippen molar-refractivity contribution in [1.82, 2.24) is 6.15 Å². The molecule has 0 aliphatic carbocycles. The Balaban J connectivity index is 0. The Labute approximate surface area is 88.3 Å². The Bertz CT molecular complexity index is 107. The normalized spacial score (nSPS) is 17.2. The molecule has 1 saturated heterocycles. The predicted molar refractivity (Wildman–Crippen MR) is 45.1 cm³/mol. The molecule has 1 aliphatic rings. The maximum absolute atomic E-state index is 10.0. The van der Waals surface area contributed by atoms with E-state index >= 15 is 0 Å². The zero-order valence-corrected chi connectivity index (χ0v) is 10.2. The van der Waals surface area contributed by atoms with Gasteiger partial charge in [0.05, 0.1) is 5.97 Å². The quantitative estimate of drug-likeness (QED) is 0.578. The van der Waals surface area contributed by atoms with Crippen molar-refractivity contribution in [3.05, 3.63) is 0 Å². The average molecular weight is 299 g/mol. The Hall–Kier alpha value is 1.52. The van der Waals surface area contributed by atoms with E-state index in [0.717, 1.165) is 0 Å². The van der Waals surface area contributed by atoms with Crippen molar-refractivity contribution < 1.29 is 31.0 Å². The first-order valence-electron chi connectivity index (χ1n) is 1.67. The van der Waals surface area contributed by atoms with Crippen molar-refractivity contribution in [3.63, 3.8) is 0 Å². The van der Waals surface area contributed by atoms with Crippen molar-refractivity contribution in [2.75, 3.05) is 0 Å². The minimum Gasteiger partial charge on any atom is -0.548 e. The molecule has 0 unspecified atom stereocenters. The van der Waals surface area contributed by atoms with Gasteiger partial charge < -0.3 is 16.1 Å². The van der Waals surface area contributed by atoms with E-state index in [4.69, 9.17) is 0 Å². The molecule has 1 fully saturated rings. The van der Waals surface area contributed by atoms with Crippen LogP contribution in [0, 0.1) is 0 Å².